The first-order valence-electron chi connectivity index (χ1n) is 7.22. The van der Waals surface area contributed by atoms with Gasteiger partial charge in [-0.2, -0.15) is 0 Å². The number of hydrogen-bond acceptors (Lipinski definition) is 4. The summed E-state index contributed by atoms with van der Waals surface area (Å²) in [4.78, 5) is 29.4. The summed E-state index contributed by atoms with van der Waals surface area (Å²) in [6.45, 7) is 4.48. The number of amides is 2. The molecule has 7 heteroatoms. The summed E-state index contributed by atoms with van der Waals surface area (Å²) in [6, 6.07) is -1.20. The molecule has 0 aliphatic carbocycles. The predicted octanol–water partition coefficient (Wildman–Crippen LogP) is 2.49. The third kappa shape index (κ3) is 3.72. The molecule has 1 aliphatic heterocycles. The zero-order chi connectivity index (χ0) is 15.4. The molecule has 0 bridgehead atoms. The van der Waals surface area contributed by atoms with Crippen molar-refractivity contribution in [3.8, 4) is 0 Å². The fourth-order valence-electron chi connectivity index (χ4n) is 2.60. The number of carboxylic acid groups (broad SMARTS) is 1. The topological polar surface area (TPSA) is 82.5 Å². The number of aromatic nitrogens is 1. The number of aliphatic carboxylic acids is 1. The SMILES string of the molecule is CCC(NC(=O)N1CCC(C)CC1C(=O)O)c1nccs1. The molecule has 3 unspecified atom stereocenters. The van der Waals surface area contributed by atoms with Crippen LogP contribution in [0.4, 0.5) is 4.79 Å². The van der Waals surface area contributed by atoms with Gasteiger partial charge in [-0.15, -0.1) is 11.3 Å². The number of carbonyl (C=O) groups is 2. The highest BCUT2D eigenvalue weighted by molar-refractivity contribution is 7.09. The molecule has 3 atom stereocenters. The number of likely N-dealkylation sites (tertiary alicyclic amines) is 1. The van der Waals surface area contributed by atoms with Crippen molar-refractivity contribution >= 4 is 23.3 Å². The molecule has 2 N–H and O–H groups in total. The Morgan fingerprint density at radius 2 is 2.38 bits per heavy atom. The molecule has 6 nitrogen and oxygen atoms in total. The van der Waals surface area contributed by atoms with E-state index in [9.17, 15) is 14.7 Å². The van der Waals surface area contributed by atoms with Gasteiger partial charge in [-0.3, -0.25) is 0 Å². The van der Waals surface area contributed by atoms with Crippen molar-refractivity contribution in [2.75, 3.05) is 6.54 Å². The number of nitrogens with zero attached hydrogens (tertiary/aromatic N) is 2. The maximum absolute atomic E-state index is 12.4. The Labute approximate surface area is 128 Å². The minimum Gasteiger partial charge on any atom is -0.480 e. The van der Waals surface area contributed by atoms with Gasteiger partial charge in [0, 0.05) is 18.1 Å². The van der Waals surface area contributed by atoms with E-state index >= 15 is 0 Å². The molecule has 0 radical (unpaired) electrons. The van der Waals surface area contributed by atoms with Crippen molar-refractivity contribution in [2.45, 2.75) is 45.2 Å². The molecule has 2 rings (SSSR count). The van der Waals surface area contributed by atoms with Crippen molar-refractivity contribution in [1.82, 2.24) is 15.2 Å². The third-order valence-electron chi connectivity index (χ3n) is 3.87. The number of nitrogens with one attached hydrogen (secondary N) is 1. The molecule has 1 aliphatic rings. The van der Waals surface area contributed by atoms with Crippen LogP contribution >= 0.6 is 11.3 Å². The van der Waals surface area contributed by atoms with E-state index in [0.717, 1.165) is 17.8 Å². The predicted molar refractivity (Wildman–Crippen MR) is 80.2 cm³/mol. The molecule has 2 amide bonds. The summed E-state index contributed by atoms with van der Waals surface area (Å²) < 4.78 is 0. The molecular weight excluding hydrogens is 290 g/mol. The van der Waals surface area contributed by atoms with Gasteiger partial charge < -0.3 is 15.3 Å². The molecular formula is C14H21N3O3S. The maximum atomic E-state index is 12.4. The Hall–Kier alpha value is -1.63. The van der Waals surface area contributed by atoms with Crippen LogP contribution in [0.15, 0.2) is 11.6 Å². The van der Waals surface area contributed by atoms with Crippen LogP contribution in [-0.4, -0.2) is 39.6 Å². The number of urea groups is 1. The van der Waals surface area contributed by atoms with E-state index in [-0.39, 0.29) is 12.1 Å². The van der Waals surface area contributed by atoms with E-state index < -0.39 is 12.0 Å². The van der Waals surface area contributed by atoms with Crippen LogP contribution in [0.3, 0.4) is 0 Å². The number of piperidine rings is 1. The highest BCUT2D eigenvalue weighted by Gasteiger charge is 2.35. The average molecular weight is 311 g/mol. The average Bonchev–Trinajstić information content (AvgIpc) is 2.98. The Morgan fingerprint density at radius 3 is 2.95 bits per heavy atom. The second kappa shape index (κ2) is 6.89. The second-order valence-corrected chi connectivity index (χ2v) is 6.38. The lowest BCUT2D eigenvalue weighted by molar-refractivity contribution is -0.143. The van der Waals surface area contributed by atoms with Gasteiger partial charge in [0.05, 0.1) is 6.04 Å². The summed E-state index contributed by atoms with van der Waals surface area (Å²) >= 11 is 1.49. The molecule has 21 heavy (non-hydrogen) atoms. The van der Waals surface area contributed by atoms with Crippen LogP contribution in [0.5, 0.6) is 0 Å². The number of carbonyl (C=O) groups excluding carboxylic acids is 1. The smallest absolute Gasteiger partial charge is 0.326 e. The van der Waals surface area contributed by atoms with Gasteiger partial charge in [-0.1, -0.05) is 13.8 Å². The highest BCUT2D eigenvalue weighted by atomic mass is 32.1. The van der Waals surface area contributed by atoms with Crippen LogP contribution in [0.1, 0.15) is 44.2 Å². The molecule has 0 saturated carbocycles. The zero-order valence-electron chi connectivity index (χ0n) is 12.3. The Balaban J connectivity index is 2.05. The van der Waals surface area contributed by atoms with Gasteiger partial charge in [-0.05, 0) is 25.2 Å². The number of rotatable bonds is 4. The largest absolute Gasteiger partial charge is 0.480 e. The number of carboxylic acids is 1. The first-order valence-corrected chi connectivity index (χ1v) is 8.10. The molecule has 1 fully saturated rings. The maximum Gasteiger partial charge on any atom is 0.326 e. The third-order valence-corrected chi connectivity index (χ3v) is 4.76. The highest BCUT2D eigenvalue weighted by Crippen LogP contribution is 2.24. The van der Waals surface area contributed by atoms with Crippen LogP contribution in [0.25, 0.3) is 0 Å². The summed E-state index contributed by atoms with van der Waals surface area (Å²) in [6.07, 6.45) is 3.78. The van der Waals surface area contributed by atoms with E-state index in [2.05, 4.69) is 10.3 Å². The Kier molecular flexibility index (Phi) is 5.17. The molecule has 0 spiro atoms. The lowest BCUT2D eigenvalue weighted by atomic mass is 9.93. The lowest BCUT2D eigenvalue weighted by Crippen LogP contribution is -2.53. The standard InChI is InChI=1S/C14H21N3O3S/c1-3-10(12-15-5-7-21-12)16-14(20)17-6-4-9(2)8-11(17)13(18)19/h5,7,9-11H,3-4,6,8H2,1-2H3,(H,16,20)(H,18,19). The van der Waals surface area contributed by atoms with Crippen molar-refractivity contribution in [2.24, 2.45) is 5.92 Å². The van der Waals surface area contributed by atoms with Crippen LogP contribution in [0, 0.1) is 5.92 Å². The van der Waals surface area contributed by atoms with Crippen LogP contribution in [-0.2, 0) is 4.79 Å². The monoisotopic (exact) mass is 311 g/mol. The molecule has 0 aromatic carbocycles. The zero-order valence-corrected chi connectivity index (χ0v) is 13.1. The first kappa shape index (κ1) is 15.8. The fourth-order valence-corrected chi connectivity index (χ4v) is 3.37. The van der Waals surface area contributed by atoms with Crippen LogP contribution < -0.4 is 5.32 Å². The van der Waals surface area contributed by atoms with Gasteiger partial charge in [-0.25, -0.2) is 14.6 Å². The number of thiazole rings is 1. The number of hydrogen-bond donors (Lipinski definition) is 2. The van der Waals surface area contributed by atoms with Crippen molar-refractivity contribution < 1.29 is 14.7 Å². The van der Waals surface area contributed by atoms with E-state index in [1.54, 1.807) is 6.20 Å². The molecule has 116 valence electrons. The van der Waals surface area contributed by atoms with Gasteiger partial charge in [0.25, 0.3) is 0 Å². The Morgan fingerprint density at radius 1 is 1.62 bits per heavy atom. The quantitative estimate of drug-likeness (QED) is 0.895. The van der Waals surface area contributed by atoms with Crippen LogP contribution in [0.2, 0.25) is 0 Å². The normalized spacial score (nSPS) is 23.6. The van der Waals surface area contributed by atoms with Crippen molar-refractivity contribution in [3.05, 3.63) is 16.6 Å². The van der Waals surface area contributed by atoms with Crippen molar-refractivity contribution in [3.63, 3.8) is 0 Å². The Bertz CT molecular complexity index is 492. The molecule has 1 saturated heterocycles. The fraction of sp³-hybridized carbons (Fsp3) is 0.643. The van der Waals surface area contributed by atoms with E-state index in [0.29, 0.717) is 18.9 Å². The summed E-state index contributed by atoms with van der Waals surface area (Å²) in [7, 11) is 0. The van der Waals surface area contributed by atoms with Crippen molar-refractivity contribution in [1.29, 1.82) is 0 Å². The minimum atomic E-state index is -0.931. The van der Waals surface area contributed by atoms with Gasteiger partial charge in [0.15, 0.2) is 0 Å². The van der Waals surface area contributed by atoms with Gasteiger partial charge in [0.1, 0.15) is 11.0 Å². The summed E-state index contributed by atoms with van der Waals surface area (Å²) in [5.74, 6) is -0.602. The van der Waals surface area contributed by atoms with E-state index in [1.807, 2.05) is 19.2 Å². The molecule has 2 heterocycles. The second-order valence-electron chi connectivity index (χ2n) is 5.46. The van der Waals surface area contributed by atoms with Gasteiger partial charge in [0.2, 0.25) is 0 Å². The summed E-state index contributed by atoms with van der Waals surface area (Å²) in [5, 5.41) is 14.9. The van der Waals surface area contributed by atoms with Gasteiger partial charge >= 0.3 is 12.0 Å². The minimum absolute atomic E-state index is 0.161. The first-order chi connectivity index (χ1) is 10.0. The molecule has 1 aromatic rings. The van der Waals surface area contributed by atoms with E-state index in [1.165, 1.54) is 16.2 Å². The lowest BCUT2D eigenvalue weighted by Gasteiger charge is -2.36. The summed E-state index contributed by atoms with van der Waals surface area (Å²) in [5.41, 5.74) is 0. The van der Waals surface area contributed by atoms with E-state index in [4.69, 9.17) is 0 Å². The molecule has 1 aromatic heterocycles.